The molecule has 0 spiro atoms. The Morgan fingerprint density at radius 3 is 2.72 bits per heavy atom. The fraction of sp³-hybridized carbons (Fsp3) is 0.111. The Bertz CT molecular complexity index is 665. The number of amidine groups is 1. The van der Waals surface area contributed by atoms with E-state index in [1.165, 1.54) is 12.1 Å². The summed E-state index contributed by atoms with van der Waals surface area (Å²) in [6.07, 6.45) is -0.556. The van der Waals surface area contributed by atoms with Crippen LogP contribution in [-0.2, 0) is 14.8 Å². The number of aliphatic carboxylic acids is 1. The molecule has 1 aliphatic rings. The molecule has 0 aliphatic carbocycles. The molecule has 1 aliphatic heterocycles. The Hall–Kier alpha value is -2.29. The zero-order valence-corrected chi connectivity index (χ0v) is 9.73. The molecule has 0 saturated heterocycles. The van der Waals surface area contributed by atoms with E-state index < -0.39 is 22.4 Å². The second-order valence-corrected chi connectivity index (χ2v) is 5.12. The van der Waals surface area contributed by atoms with E-state index >= 15 is 0 Å². The number of aromatic hydroxyl groups is 1. The highest BCUT2D eigenvalue weighted by Gasteiger charge is 2.29. The van der Waals surface area contributed by atoms with Crippen molar-refractivity contribution in [3.05, 3.63) is 12.1 Å². The van der Waals surface area contributed by atoms with E-state index in [-0.39, 0.29) is 27.9 Å². The average Bonchev–Trinajstić information content (AvgIpc) is 2.20. The number of rotatable bonds is 2. The molecule has 0 atom stereocenters. The maximum absolute atomic E-state index is 11.8. The summed E-state index contributed by atoms with van der Waals surface area (Å²) in [5.74, 6) is -1.80. The molecule has 1 heterocycles. The molecule has 1 aromatic carbocycles. The Kier molecular flexibility index (Phi) is 2.62. The molecule has 8 nitrogen and oxygen atoms in total. The van der Waals surface area contributed by atoms with Gasteiger partial charge in [0.2, 0.25) is 0 Å². The third-order valence-corrected chi connectivity index (χ3v) is 3.68. The average molecular weight is 271 g/mol. The summed E-state index contributed by atoms with van der Waals surface area (Å²) in [5, 5.41) is 20.5. The maximum Gasteiger partial charge on any atom is 0.311 e. The number of fused-ring (bicyclic) bond motifs is 1. The van der Waals surface area contributed by atoms with Crippen LogP contribution in [0.4, 0.5) is 11.4 Å². The van der Waals surface area contributed by atoms with Crippen LogP contribution >= 0.6 is 0 Å². The van der Waals surface area contributed by atoms with Gasteiger partial charge in [-0.2, -0.15) is 8.42 Å². The van der Waals surface area contributed by atoms with Crippen LogP contribution < -0.4 is 11.1 Å². The van der Waals surface area contributed by atoms with Gasteiger partial charge in [0.1, 0.15) is 22.9 Å². The lowest BCUT2D eigenvalue weighted by Crippen LogP contribution is -2.24. The van der Waals surface area contributed by atoms with E-state index in [0.717, 1.165) is 0 Å². The van der Waals surface area contributed by atoms with E-state index in [1.54, 1.807) is 0 Å². The van der Waals surface area contributed by atoms with E-state index in [9.17, 15) is 18.3 Å². The predicted molar refractivity (Wildman–Crippen MR) is 63.0 cm³/mol. The molecule has 96 valence electrons. The Balaban J connectivity index is 2.59. The Morgan fingerprint density at radius 1 is 1.44 bits per heavy atom. The van der Waals surface area contributed by atoms with Crippen LogP contribution in [0.15, 0.2) is 21.4 Å². The van der Waals surface area contributed by atoms with Crippen molar-refractivity contribution in [2.75, 3.05) is 11.1 Å². The van der Waals surface area contributed by atoms with Crippen molar-refractivity contribution in [2.24, 2.45) is 4.40 Å². The van der Waals surface area contributed by atoms with Crippen molar-refractivity contribution >= 4 is 33.2 Å². The summed E-state index contributed by atoms with van der Waals surface area (Å²) in [6.45, 7) is 0. The van der Waals surface area contributed by atoms with Crippen molar-refractivity contribution < 1.29 is 23.4 Å². The van der Waals surface area contributed by atoms with Gasteiger partial charge in [-0.3, -0.25) is 4.79 Å². The second-order valence-electron chi connectivity index (χ2n) is 3.58. The molecular weight excluding hydrogens is 262 g/mol. The number of nitrogens with two attached hydrogens (primary N) is 1. The number of sulfonamides is 1. The number of nitrogens with zero attached hydrogens (tertiary/aromatic N) is 1. The molecule has 2 rings (SSSR count). The number of benzene rings is 1. The van der Waals surface area contributed by atoms with Crippen LogP contribution in [0.25, 0.3) is 0 Å². The quantitative estimate of drug-likeness (QED) is 0.336. The van der Waals surface area contributed by atoms with Crippen molar-refractivity contribution in [1.29, 1.82) is 0 Å². The molecule has 5 N–H and O–H groups in total. The number of hydrogen-bond acceptors (Lipinski definition) is 6. The second kappa shape index (κ2) is 3.88. The van der Waals surface area contributed by atoms with Crippen LogP contribution in [0, 0.1) is 0 Å². The van der Waals surface area contributed by atoms with Gasteiger partial charge in [0.25, 0.3) is 10.0 Å². The van der Waals surface area contributed by atoms with Gasteiger partial charge in [0.05, 0.1) is 11.4 Å². The van der Waals surface area contributed by atoms with Gasteiger partial charge in [-0.25, -0.2) is 0 Å². The van der Waals surface area contributed by atoms with Crippen molar-refractivity contribution in [1.82, 2.24) is 0 Å². The van der Waals surface area contributed by atoms with E-state index in [0.29, 0.717) is 0 Å². The van der Waals surface area contributed by atoms with Crippen LogP contribution in [0.1, 0.15) is 6.42 Å². The first-order chi connectivity index (χ1) is 8.31. The fourth-order valence-corrected chi connectivity index (χ4v) is 2.83. The van der Waals surface area contributed by atoms with Crippen LogP contribution in [0.5, 0.6) is 5.75 Å². The number of phenolic OH excluding ortho intramolecular Hbond substituents is 1. The van der Waals surface area contributed by atoms with Crippen LogP contribution in [0.3, 0.4) is 0 Å². The monoisotopic (exact) mass is 271 g/mol. The van der Waals surface area contributed by atoms with Gasteiger partial charge < -0.3 is 21.3 Å². The lowest BCUT2D eigenvalue weighted by molar-refractivity contribution is -0.135. The Labute approximate surface area is 102 Å². The van der Waals surface area contributed by atoms with Crippen LogP contribution in [-0.4, -0.2) is 30.4 Å². The summed E-state index contributed by atoms with van der Waals surface area (Å²) in [6, 6.07) is 2.50. The van der Waals surface area contributed by atoms with Gasteiger partial charge in [-0.1, -0.05) is 0 Å². The first-order valence-corrected chi connectivity index (χ1v) is 6.19. The first kappa shape index (κ1) is 12.2. The number of hydrogen-bond donors (Lipinski definition) is 4. The molecule has 0 aromatic heterocycles. The van der Waals surface area contributed by atoms with Crippen LogP contribution in [0.2, 0.25) is 0 Å². The summed E-state index contributed by atoms with van der Waals surface area (Å²) >= 11 is 0. The smallest absolute Gasteiger partial charge is 0.311 e. The van der Waals surface area contributed by atoms with Gasteiger partial charge in [0, 0.05) is 0 Å². The summed E-state index contributed by atoms with van der Waals surface area (Å²) < 4.78 is 27.0. The fourth-order valence-electron chi connectivity index (χ4n) is 1.55. The minimum absolute atomic E-state index is 0.0940. The lowest BCUT2D eigenvalue weighted by atomic mass is 10.2. The minimum Gasteiger partial charge on any atom is -0.506 e. The number of anilines is 2. The summed E-state index contributed by atoms with van der Waals surface area (Å²) in [7, 11) is -4.11. The zero-order chi connectivity index (χ0) is 13.5. The van der Waals surface area contributed by atoms with Crippen molar-refractivity contribution in [3.8, 4) is 5.75 Å². The van der Waals surface area contributed by atoms with Crippen molar-refractivity contribution in [2.45, 2.75) is 11.3 Å². The Morgan fingerprint density at radius 2 is 2.11 bits per heavy atom. The molecule has 0 fully saturated rings. The van der Waals surface area contributed by atoms with Crippen molar-refractivity contribution in [3.63, 3.8) is 0 Å². The number of phenols is 1. The SMILES string of the molecule is Nc1c(O)ccc2c1S(=O)(=O)N=C(CC(=O)O)N2. The molecule has 0 radical (unpaired) electrons. The number of nitrogen functional groups attached to an aromatic ring is 1. The summed E-state index contributed by atoms with van der Waals surface area (Å²) in [5.41, 5.74) is 5.24. The number of nitrogens with one attached hydrogen (secondary N) is 1. The van der Waals surface area contributed by atoms with Gasteiger partial charge in [-0.15, -0.1) is 4.40 Å². The van der Waals surface area contributed by atoms with Gasteiger partial charge in [-0.05, 0) is 12.1 Å². The molecular formula is C9H9N3O5S. The largest absolute Gasteiger partial charge is 0.506 e. The molecule has 1 aromatic rings. The molecule has 18 heavy (non-hydrogen) atoms. The molecule has 9 heteroatoms. The highest BCUT2D eigenvalue weighted by molar-refractivity contribution is 7.90. The number of carbonyl (C=O) groups is 1. The third kappa shape index (κ3) is 1.95. The highest BCUT2D eigenvalue weighted by Crippen LogP contribution is 2.37. The minimum atomic E-state index is -4.11. The first-order valence-electron chi connectivity index (χ1n) is 4.75. The topological polar surface area (TPSA) is 142 Å². The number of carboxylic acids is 1. The van der Waals surface area contributed by atoms with Gasteiger partial charge >= 0.3 is 5.97 Å². The normalized spacial score (nSPS) is 16.3. The molecule has 0 saturated carbocycles. The van der Waals surface area contributed by atoms with E-state index in [1.807, 2.05) is 0 Å². The standard InChI is InChI=1S/C9H9N3O5S/c10-8-5(13)2-1-4-9(8)18(16,17)12-6(11-4)3-7(14)15/h1-2,13H,3,10H2,(H,11,12)(H,14,15). The van der Waals surface area contributed by atoms with E-state index in [4.69, 9.17) is 10.8 Å². The third-order valence-electron chi connectivity index (χ3n) is 2.26. The van der Waals surface area contributed by atoms with Gasteiger partial charge in [0.15, 0.2) is 0 Å². The molecule has 0 bridgehead atoms. The zero-order valence-electron chi connectivity index (χ0n) is 8.91. The molecule has 0 amide bonds. The lowest BCUT2D eigenvalue weighted by Gasteiger charge is -2.19. The molecule has 0 unspecified atom stereocenters. The number of carboxylic acid groups (broad SMARTS) is 1. The summed E-state index contributed by atoms with van der Waals surface area (Å²) in [4.78, 5) is 10.2. The highest BCUT2D eigenvalue weighted by atomic mass is 32.2. The predicted octanol–water partition coefficient (Wildman–Crippen LogP) is -0.0382. The van der Waals surface area contributed by atoms with E-state index in [2.05, 4.69) is 9.71 Å². The maximum atomic E-state index is 11.8.